The zero-order valence-corrected chi connectivity index (χ0v) is 66.3. The van der Waals surface area contributed by atoms with Crippen LogP contribution in [0.3, 0.4) is 0 Å². The van der Waals surface area contributed by atoms with Crippen molar-refractivity contribution in [2.75, 3.05) is 25.2 Å². The van der Waals surface area contributed by atoms with Gasteiger partial charge >= 0.3 is 75.0 Å². The summed E-state index contributed by atoms with van der Waals surface area (Å²) in [5.74, 6) is 0. The van der Waals surface area contributed by atoms with Crippen molar-refractivity contribution in [3.8, 4) is 6.07 Å². The predicted octanol–water partition coefficient (Wildman–Crippen LogP) is 22.3. The number of rotatable bonds is 27. The fraction of sp³-hybridized carbons (Fsp3) is 0.588. The van der Waals surface area contributed by atoms with Gasteiger partial charge in [0.05, 0.1) is 33.6 Å². The van der Waals surface area contributed by atoms with E-state index in [-0.39, 0.29) is 18.7 Å². The van der Waals surface area contributed by atoms with Crippen molar-refractivity contribution in [2.24, 2.45) is 0 Å². The van der Waals surface area contributed by atoms with Crippen molar-refractivity contribution in [1.82, 2.24) is 4.44 Å². The molecule has 0 amide bonds. The summed E-state index contributed by atoms with van der Waals surface area (Å²) in [6.45, 7) is 33.7. The number of halogens is 7. The van der Waals surface area contributed by atoms with Crippen LogP contribution in [-0.4, -0.2) is 51.8 Å². The normalized spacial score (nSPS) is 14.1. The average molecular weight is 1470 g/mol. The Bertz CT molecular complexity index is 1980. The molecule has 0 radical (unpaired) electrons. The fourth-order valence-electron chi connectivity index (χ4n) is 10.9. The van der Waals surface area contributed by atoms with E-state index < -0.39 is 43.7 Å². The molecular weight excluding hydrogens is 1360 g/mol. The monoisotopic (exact) mass is 1470 g/mol. The van der Waals surface area contributed by atoms with Crippen LogP contribution in [0.2, 0.25) is 36.3 Å². The Morgan fingerprint density at radius 1 is 0.512 bits per heavy atom. The zero-order valence-electron chi connectivity index (χ0n) is 54.4. The first-order valence-corrected chi connectivity index (χ1v) is 49.8. The maximum absolute atomic E-state index is 7.32. The Balaban J connectivity index is 0.00000210. The topological polar surface area (TPSA) is 54.7 Å². The molecule has 0 spiro atoms. The number of nitriles is 1. The second-order valence-corrected chi connectivity index (χ2v) is 45.9. The minimum atomic E-state index is -1.62. The number of aryl methyl sites for hydroxylation is 2. The molecule has 7 rings (SSSR count). The van der Waals surface area contributed by atoms with Crippen LogP contribution < -0.4 is 31.6 Å². The summed E-state index contributed by atoms with van der Waals surface area (Å²) in [4.78, 5) is 0. The van der Waals surface area contributed by atoms with E-state index in [0.717, 1.165) is 39.1 Å². The van der Waals surface area contributed by atoms with Crippen LogP contribution in [0.5, 0.6) is 0 Å². The predicted molar refractivity (Wildman–Crippen MR) is 392 cm³/mol. The standard InChI is InChI=1S/C53H83NP2Si2.3C4H7O.C2H3N.CH2Cl2.5ClH.2Cr/c1-11-17-39-57(40-18-12-2,41-19-13-3)52-35-31-50(32-36-52)55(48-27-23-46(9)24-28-48)54(45(7)8)56(49-29-25-47(10)26-30-49)51-33-37-53(38-34-51)58(42-20-14-4,43-21-15-5)44-22-16-6;3*1-2-4-5-3-1;1-2-3;2-1-3;;;;;;;/h23-38,45H,11-22,39-44H2,1-10H3;3*3H,1-2,4H2;1H3;1H2;5*1H;;/q;3*-1;;;;;;;;+2;+3/p-3. The Hall–Kier alpha value is 0.599. The van der Waals surface area contributed by atoms with Crippen LogP contribution in [0, 0.1) is 45.0 Å². The molecule has 3 heterocycles. The third kappa shape index (κ3) is 37.5. The van der Waals surface area contributed by atoms with Gasteiger partial charge in [-0.05, 0) is 80.7 Å². The molecule has 491 valence electrons. The second kappa shape index (κ2) is 57.1. The van der Waals surface area contributed by atoms with Crippen LogP contribution in [0.15, 0.2) is 97.1 Å². The SMILES string of the molecule is CC#N.CCCC[Si](CCCC)(CCCC)c1ccc([PH+](c2ccc(C)cc2)N(C(C)C)[PH+](c2ccc(C)cc2)c2ccc([Si](CCCC)(CCCC)CCCC)cc2)cc1.ClCCl.[CH-]1CCCO1.[CH-]1CCCO1.[CH-]1CCCO1.[Cl][Cr]([Cl])[Cl].[Cl][Cr][Cl]. The Kier molecular flexibility index (Phi) is 57.5. The molecule has 0 N–H and O–H groups in total. The first-order valence-electron chi connectivity index (χ1n) is 31.8. The Morgan fingerprint density at radius 2 is 0.721 bits per heavy atom. The molecule has 0 aliphatic carbocycles. The Morgan fingerprint density at radius 3 is 0.872 bits per heavy atom. The number of nitrogens with zero attached hydrogens (tertiary/aromatic N) is 2. The number of hydrogen-bond acceptors (Lipinski definition) is 5. The van der Waals surface area contributed by atoms with Crippen molar-refractivity contribution in [1.29, 1.82) is 5.26 Å². The molecule has 18 heteroatoms. The van der Waals surface area contributed by atoms with Gasteiger partial charge in [0.15, 0.2) is 16.1 Å². The number of hydrogen-bond donors (Lipinski definition) is 0. The summed E-state index contributed by atoms with van der Waals surface area (Å²) in [6, 6.07) is 51.3. The molecule has 0 saturated carbocycles. The molecule has 2 unspecified atom stereocenters. The van der Waals surface area contributed by atoms with Crippen LogP contribution >= 0.6 is 89.6 Å². The van der Waals surface area contributed by atoms with Crippen molar-refractivity contribution in [3.05, 3.63) is 128 Å². The summed E-state index contributed by atoms with van der Waals surface area (Å²) in [7, 11) is 18.6. The third-order valence-electron chi connectivity index (χ3n) is 15.3. The van der Waals surface area contributed by atoms with Crippen LogP contribution in [0.1, 0.15) is 189 Å². The van der Waals surface area contributed by atoms with E-state index in [0.29, 0.717) is 6.04 Å². The summed E-state index contributed by atoms with van der Waals surface area (Å²) < 4.78 is 17.5. The molecule has 0 aromatic heterocycles. The van der Waals surface area contributed by atoms with Crippen LogP contribution in [0.25, 0.3) is 0 Å². The van der Waals surface area contributed by atoms with Gasteiger partial charge in [-0.25, -0.2) is 19.8 Å². The maximum atomic E-state index is 7.32. The molecular formula is C68H111Cl7Cr2N2O3P2Si2-. The molecule has 3 fully saturated rings. The molecule has 86 heavy (non-hydrogen) atoms. The van der Waals surface area contributed by atoms with Gasteiger partial charge in [0, 0.05) is 26.7 Å². The first-order chi connectivity index (χ1) is 41.6. The summed E-state index contributed by atoms with van der Waals surface area (Å²) in [6.07, 6.45) is 23.2. The van der Waals surface area contributed by atoms with Gasteiger partial charge in [-0.1, -0.05) is 244 Å². The second-order valence-electron chi connectivity index (χ2n) is 22.3. The quantitative estimate of drug-likeness (QED) is 0.0258. The molecule has 3 saturated heterocycles. The average Bonchev–Trinajstić information content (AvgIpc) is 2.06. The van der Waals surface area contributed by atoms with Crippen LogP contribution in [0.4, 0.5) is 0 Å². The Labute approximate surface area is 573 Å². The van der Waals surface area contributed by atoms with Crippen LogP contribution in [-0.2, 0) is 39.0 Å². The number of ether oxygens (including phenoxy) is 3. The van der Waals surface area contributed by atoms with Crippen molar-refractivity contribution in [2.45, 2.75) is 234 Å². The van der Waals surface area contributed by atoms with Gasteiger partial charge < -0.3 is 14.2 Å². The van der Waals surface area contributed by atoms with Gasteiger partial charge in [0.1, 0.15) is 21.2 Å². The van der Waals surface area contributed by atoms with Crippen molar-refractivity contribution >= 4 is 137 Å². The third-order valence-corrected chi connectivity index (χ3v) is 33.2. The fourth-order valence-corrected chi connectivity index (χ4v) is 29.2. The van der Waals surface area contributed by atoms with Crippen molar-refractivity contribution < 1.29 is 39.0 Å². The molecule has 4 aromatic carbocycles. The van der Waals surface area contributed by atoms with Gasteiger partial charge in [-0.3, -0.25) is 0 Å². The first kappa shape index (κ1) is 86.6. The van der Waals surface area contributed by atoms with Gasteiger partial charge in [0.2, 0.25) is 0 Å². The molecule has 4 aromatic rings. The number of alkyl halides is 2. The van der Waals surface area contributed by atoms with E-state index >= 15 is 0 Å². The van der Waals surface area contributed by atoms with E-state index in [2.05, 4.69) is 171 Å². The molecule has 5 nitrogen and oxygen atoms in total. The minimum absolute atomic E-state index is 0.181. The molecule has 3 aliphatic rings. The molecule has 2 atom stereocenters. The van der Waals surface area contributed by atoms with E-state index in [1.807, 2.05) is 19.8 Å². The van der Waals surface area contributed by atoms with E-state index in [9.17, 15) is 0 Å². The summed E-state index contributed by atoms with van der Waals surface area (Å²) in [5.41, 5.74) is 2.69. The molecule has 3 aliphatic heterocycles. The van der Waals surface area contributed by atoms with E-state index in [1.54, 1.807) is 27.1 Å². The van der Waals surface area contributed by atoms with Gasteiger partial charge in [0.25, 0.3) is 0 Å². The van der Waals surface area contributed by atoms with E-state index in [4.69, 9.17) is 92.9 Å². The van der Waals surface area contributed by atoms with Gasteiger partial charge in [-0.15, -0.1) is 23.2 Å². The number of benzene rings is 4. The zero-order chi connectivity index (χ0) is 64.3. The van der Waals surface area contributed by atoms with E-state index in [1.165, 1.54) is 161 Å². The summed E-state index contributed by atoms with van der Waals surface area (Å²) >= 11 is 7.72. The van der Waals surface area contributed by atoms with Gasteiger partial charge in [-0.2, -0.15) is 24.5 Å². The van der Waals surface area contributed by atoms with Crippen molar-refractivity contribution in [3.63, 3.8) is 0 Å². The summed E-state index contributed by atoms with van der Waals surface area (Å²) in [5, 5.41) is 17.1. The number of unbranched alkanes of at least 4 members (excludes halogenated alkanes) is 6. The molecule has 0 bridgehead atoms.